The highest BCUT2D eigenvalue weighted by molar-refractivity contribution is 7.80. The molecule has 0 fully saturated rings. The number of carbonyl (C=O) groups excluding carboxylic acids is 2. The quantitative estimate of drug-likeness (QED) is 0.463. The number of hydrogen-bond acceptors (Lipinski definition) is 7. The van der Waals surface area contributed by atoms with Crippen LogP contribution in [0.2, 0.25) is 0 Å². The summed E-state index contributed by atoms with van der Waals surface area (Å²) in [6.07, 6.45) is -0.514. The van der Waals surface area contributed by atoms with E-state index >= 15 is 0 Å². The molecule has 0 radical (unpaired) electrons. The maximum Gasteiger partial charge on any atom is 0.329 e. The Morgan fingerprint density at radius 1 is 1.50 bits per heavy atom. The van der Waals surface area contributed by atoms with E-state index in [9.17, 15) is 14.4 Å². The minimum atomic E-state index is -1.23. The van der Waals surface area contributed by atoms with Crippen LogP contribution >= 0.6 is 24.0 Å². The van der Waals surface area contributed by atoms with Crippen LogP contribution in [0.5, 0.6) is 0 Å². The maximum absolute atomic E-state index is 12.4. The summed E-state index contributed by atoms with van der Waals surface area (Å²) in [6, 6.07) is 1.46. The second kappa shape index (κ2) is 8.76. The highest BCUT2D eigenvalue weighted by Crippen LogP contribution is 2.17. The molecule has 0 aromatic carbocycles. The number of thiol groups is 1. The smallest absolute Gasteiger partial charge is 0.329 e. The topological polar surface area (TPSA) is 110 Å². The van der Waals surface area contributed by atoms with Crippen LogP contribution < -0.4 is 5.73 Å². The molecule has 0 aliphatic heterocycles. The largest absolute Gasteiger partial charge is 0.481 e. The number of hydrogen-bond donors (Lipinski definition) is 3. The Balaban J connectivity index is 3.01. The van der Waals surface area contributed by atoms with E-state index in [0.717, 1.165) is 4.88 Å². The van der Waals surface area contributed by atoms with Gasteiger partial charge in [-0.05, 0) is 11.4 Å². The van der Waals surface area contributed by atoms with Crippen LogP contribution in [0.4, 0.5) is 0 Å². The van der Waals surface area contributed by atoms with E-state index in [2.05, 4.69) is 17.4 Å². The number of rotatable bonds is 8. The SMILES string of the molecule is COC(=O)[C@H](CS)N(Cc1cccs1)C(=O)[C@@H](N)CC(=O)O. The first-order chi connectivity index (χ1) is 10.4. The number of esters is 1. The number of carboxylic acid groups (broad SMARTS) is 1. The van der Waals surface area contributed by atoms with E-state index < -0.39 is 36.4 Å². The van der Waals surface area contributed by atoms with E-state index in [1.54, 1.807) is 6.07 Å². The first kappa shape index (κ1) is 18.5. The summed E-state index contributed by atoms with van der Waals surface area (Å²) in [5.41, 5.74) is 5.64. The lowest BCUT2D eigenvalue weighted by atomic mass is 10.1. The third-order valence-corrected chi connectivity index (χ3v) is 4.13. The zero-order chi connectivity index (χ0) is 16.7. The highest BCUT2D eigenvalue weighted by Gasteiger charge is 2.33. The molecule has 0 saturated heterocycles. The molecule has 0 aliphatic carbocycles. The average molecular weight is 346 g/mol. The number of methoxy groups -OCH3 is 1. The number of ether oxygens (including phenoxy) is 1. The second-order valence-corrected chi connectivity index (χ2v) is 5.87. The lowest BCUT2D eigenvalue weighted by Crippen LogP contribution is -2.52. The molecule has 9 heteroatoms. The Morgan fingerprint density at radius 2 is 2.18 bits per heavy atom. The summed E-state index contributed by atoms with van der Waals surface area (Å²) in [5, 5.41) is 10.6. The minimum absolute atomic E-state index is 0.0452. The molecule has 1 rings (SSSR count). The van der Waals surface area contributed by atoms with Gasteiger partial charge in [-0.2, -0.15) is 12.6 Å². The molecule has 7 nitrogen and oxygen atoms in total. The summed E-state index contributed by atoms with van der Waals surface area (Å²) in [6.45, 7) is 0.143. The monoisotopic (exact) mass is 346 g/mol. The van der Waals surface area contributed by atoms with E-state index in [-0.39, 0.29) is 12.3 Å². The van der Waals surface area contributed by atoms with Crippen molar-refractivity contribution in [1.82, 2.24) is 4.90 Å². The molecule has 2 atom stereocenters. The molecule has 1 heterocycles. The Morgan fingerprint density at radius 3 is 2.64 bits per heavy atom. The number of nitrogens with zero attached hydrogens (tertiary/aromatic N) is 1. The van der Waals surface area contributed by atoms with Gasteiger partial charge in [0.05, 0.1) is 26.1 Å². The van der Waals surface area contributed by atoms with Gasteiger partial charge in [-0.3, -0.25) is 9.59 Å². The fourth-order valence-electron chi connectivity index (χ4n) is 1.84. The van der Waals surface area contributed by atoms with Crippen molar-refractivity contribution >= 4 is 41.8 Å². The van der Waals surface area contributed by atoms with E-state index in [4.69, 9.17) is 10.8 Å². The van der Waals surface area contributed by atoms with E-state index in [0.29, 0.717) is 0 Å². The normalized spacial score (nSPS) is 13.2. The van der Waals surface area contributed by atoms with Crippen LogP contribution in [0.3, 0.4) is 0 Å². The first-order valence-corrected chi connectivity index (χ1v) is 7.90. The Hall–Kier alpha value is -1.58. The molecule has 22 heavy (non-hydrogen) atoms. The van der Waals surface area contributed by atoms with Crippen LogP contribution in [0.15, 0.2) is 17.5 Å². The summed E-state index contributed by atoms with van der Waals surface area (Å²) >= 11 is 5.50. The van der Waals surface area contributed by atoms with E-state index in [1.165, 1.54) is 23.3 Å². The molecule has 0 bridgehead atoms. The number of carboxylic acids is 1. The van der Waals surface area contributed by atoms with Crippen LogP contribution in [-0.2, 0) is 25.7 Å². The molecule has 0 spiro atoms. The van der Waals surface area contributed by atoms with Crippen LogP contribution in [0.1, 0.15) is 11.3 Å². The van der Waals surface area contributed by atoms with Crippen molar-refractivity contribution < 1.29 is 24.2 Å². The van der Waals surface area contributed by atoms with Gasteiger partial charge in [-0.25, -0.2) is 4.79 Å². The van der Waals surface area contributed by atoms with Crippen molar-refractivity contribution in [2.45, 2.75) is 25.0 Å². The second-order valence-electron chi connectivity index (χ2n) is 4.47. The minimum Gasteiger partial charge on any atom is -0.481 e. The van der Waals surface area contributed by atoms with Crippen molar-refractivity contribution in [2.75, 3.05) is 12.9 Å². The number of thiophene rings is 1. The van der Waals surface area contributed by atoms with Gasteiger partial charge in [-0.15, -0.1) is 11.3 Å². The molecule has 3 N–H and O–H groups in total. The lowest BCUT2D eigenvalue weighted by Gasteiger charge is -2.30. The molecule has 0 unspecified atom stereocenters. The zero-order valence-electron chi connectivity index (χ0n) is 12.0. The van der Waals surface area contributed by atoms with Crippen molar-refractivity contribution in [3.63, 3.8) is 0 Å². The Kier molecular flexibility index (Phi) is 7.36. The fourth-order valence-corrected chi connectivity index (χ4v) is 2.89. The predicted molar refractivity (Wildman–Crippen MR) is 84.8 cm³/mol. The first-order valence-electron chi connectivity index (χ1n) is 6.39. The predicted octanol–water partition coefficient (Wildman–Crippen LogP) is 0.350. The van der Waals surface area contributed by atoms with Crippen molar-refractivity contribution in [2.24, 2.45) is 5.73 Å². The number of nitrogens with two attached hydrogens (primary N) is 1. The zero-order valence-corrected chi connectivity index (χ0v) is 13.7. The summed E-state index contributed by atoms with van der Waals surface area (Å²) in [4.78, 5) is 37.1. The third kappa shape index (κ3) is 5.00. The van der Waals surface area contributed by atoms with Gasteiger partial charge in [0.15, 0.2) is 0 Å². The third-order valence-electron chi connectivity index (χ3n) is 2.92. The van der Waals surface area contributed by atoms with Crippen molar-refractivity contribution in [3.8, 4) is 0 Å². The Bertz CT molecular complexity index is 521. The number of aliphatic carboxylic acids is 1. The molecular formula is C13H18N2O5S2. The standard InChI is InChI=1S/C13H18N2O5S2/c1-20-13(19)10(7-21)15(6-8-3-2-4-22-8)12(18)9(14)5-11(16)17/h2-4,9-10,21H,5-7,14H2,1H3,(H,16,17)/t9-,10-/m0/s1. The Labute approximate surface area is 137 Å². The molecule has 0 aliphatic rings. The molecule has 1 amide bonds. The van der Waals surface area contributed by atoms with E-state index in [1.807, 2.05) is 11.4 Å². The molecular weight excluding hydrogens is 328 g/mol. The van der Waals surface area contributed by atoms with Gasteiger partial charge in [-0.1, -0.05) is 6.07 Å². The van der Waals surface area contributed by atoms with Gasteiger partial charge >= 0.3 is 11.9 Å². The molecule has 0 saturated carbocycles. The molecule has 1 aromatic heterocycles. The van der Waals surface area contributed by atoms with Gasteiger partial charge in [0.25, 0.3) is 0 Å². The summed E-state index contributed by atoms with van der Waals surface area (Å²) < 4.78 is 4.68. The fraction of sp³-hybridized carbons (Fsp3) is 0.462. The summed E-state index contributed by atoms with van der Waals surface area (Å²) in [5.74, 6) is -2.39. The average Bonchev–Trinajstić information content (AvgIpc) is 2.98. The number of carbonyl (C=O) groups is 3. The van der Waals surface area contributed by atoms with Gasteiger partial charge < -0.3 is 20.5 Å². The van der Waals surface area contributed by atoms with Crippen LogP contribution in [-0.4, -0.2) is 52.8 Å². The van der Waals surface area contributed by atoms with Crippen LogP contribution in [0.25, 0.3) is 0 Å². The van der Waals surface area contributed by atoms with Gasteiger partial charge in [0.2, 0.25) is 5.91 Å². The maximum atomic E-state index is 12.4. The van der Waals surface area contributed by atoms with Gasteiger partial charge in [0, 0.05) is 10.6 Å². The molecule has 1 aromatic rings. The van der Waals surface area contributed by atoms with Crippen molar-refractivity contribution in [1.29, 1.82) is 0 Å². The lowest BCUT2D eigenvalue weighted by molar-refractivity contribution is -0.153. The summed E-state index contributed by atoms with van der Waals surface area (Å²) in [7, 11) is 1.21. The van der Waals surface area contributed by atoms with Crippen molar-refractivity contribution in [3.05, 3.63) is 22.4 Å². The van der Waals surface area contributed by atoms with Crippen LogP contribution in [0, 0.1) is 0 Å². The van der Waals surface area contributed by atoms with Gasteiger partial charge in [0.1, 0.15) is 6.04 Å². The number of amides is 1. The highest BCUT2D eigenvalue weighted by atomic mass is 32.1. The molecule has 122 valence electrons.